The summed E-state index contributed by atoms with van der Waals surface area (Å²) in [6.07, 6.45) is 0. The molecule has 0 aromatic rings. The minimum atomic E-state index is 0.792. The van der Waals surface area contributed by atoms with Crippen molar-refractivity contribution >= 4 is 0 Å². The summed E-state index contributed by atoms with van der Waals surface area (Å²) in [4.78, 5) is 2.17. The zero-order chi connectivity index (χ0) is 7.82. The van der Waals surface area contributed by atoms with Crippen molar-refractivity contribution < 1.29 is 9.47 Å². The zero-order valence-corrected chi connectivity index (χ0v) is 7.09. The monoisotopic (exact) mass is 147 g/mol. The van der Waals surface area contributed by atoms with Gasteiger partial charge in [-0.1, -0.05) is 0 Å². The molecular formula is C7H17NO2. The summed E-state index contributed by atoms with van der Waals surface area (Å²) in [6.45, 7) is 3.53. The number of hydrogen-bond donors (Lipinski definition) is 0. The van der Waals surface area contributed by atoms with E-state index < -0.39 is 0 Å². The Labute approximate surface area is 62.9 Å². The van der Waals surface area contributed by atoms with E-state index in [4.69, 9.17) is 9.47 Å². The SMILES string of the molecule is COCCN(C)CCOC. The maximum Gasteiger partial charge on any atom is 0.0589 e. The van der Waals surface area contributed by atoms with Gasteiger partial charge in [-0.3, -0.25) is 0 Å². The van der Waals surface area contributed by atoms with E-state index in [0.717, 1.165) is 26.3 Å². The summed E-state index contributed by atoms with van der Waals surface area (Å²) >= 11 is 0. The Morgan fingerprint density at radius 3 is 1.70 bits per heavy atom. The van der Waals surface area contributed by atoms with Crippen molar-refractivity contribution in [2.75, 3.05) is 47.6 Å². The minimum Gasteiger partial charge on any atom is -0.383 e. The molecule has 0 N–H and O–H groups in total. The Morgan fingerprint density at radius 2 is 1.40 bits per heavy atom. The smallest absolute Gasteiger partial charge is 0.0589 e. The van der Waals surface area contributed by atoms with Crippen molar-refractivity contribution in [3.8, 4) is 0 Å². The van der Waals surface area contributed by atoms with Gasteiger partial charge < -0.3 is 14.4 Å². The van der Waals surface area contributed by atoms with E-state index in [1.54, 1.807) is 14.2 Å². The van der Waals surface area contributed by atoms with Gasteiger partial charge in [0.05, 0.1) is 13.2 Å². The number of likely N-dealkylation sites (N-methyl/N-ethyl adjacent to an activating group) is 1. The van der Waals surface area contributed by atoms with Crippen LogP contribution in [0.2, 0.25) is 0 Å². The molecule has 0 amide bonds. The Hall–Kier alpha value is -0.120. The largest absolute Gasteiger partial charge is 0.383 e. The van der Waals surface area contributed by atoms with Crippen LogP contribution in [0, 0.1) is 0 Å². The van der Waals surface area contributed by atoms with Crippen LogP contribution in [0.25, 0.3) is 0 Å². The number of hydrogen-bond acceptors (Lipinski definition) is 3. The van der Waals surface area contributed by atoms with E-state index in [-0.39, 0.29) is 0 Å². The van der Waals surface area contributed by atoms with Crippen LogP contribution in [0.3, 0.4) is 0 Å². The van der Waals surface area contributed by atoms with Crippen LogP contribution in [0.1, 0.15) is 0 Å². The van der Waals surface area contributed by atoms with Gasteiger partial charge in [0.1, 0.15) is 0 Å². The van der Waals surface area contributed by atoms with Crippen molar-refractivity contribution in [3.63, 3.8) is 0 Å². The van der Waals surface area contributed by atoms with Gasteiger partial charge >= 0.3 is 0 Å². The molecule has 0 heterocycles. The molecule has 10 heavy (non-hydrogen) atoms. The van der Waals surface area contributed by atoms with Crippen LogP contribution in [0.15, 0.2) is 0 Å². The Bertz CT molecular complexity index is 60.6. The Balaban J connectivity index is 3.00. The van der Waals surface area contributed by atoms with Gasteiger partial charge in [-0.15, -0.1) is 0 Å². The molecule has 3 nitrogen and oxygen atoms in total. The lowest BCUT2D eigenvalue weighted by molar-refractivity contribution is 0.128. The Kier molecular flexibility index (Phi) is 6.91. The van der Waals surface area contributed by atoms with Gasteiger partial charge in [-0.05, 0) is 7.05 Å². The number of nitrogens with zero attached hydrogens (tertiary/aromatic N) is 1. The second-order valence-corrected chi connectivity index (χ2v) is 2.29. The average molecular weight is 147 g/mol. The van der Waals surface area contributed by atoms with Gasteiger partial charge in [0.2, 0.25) is 0 Å². The van der Waals surface area contributed by atoms with E-state index in [9.17, 15) is 0 Å². The van der Waals surface area contributed by atoms with Crippen LogP contribution < -0.4 is 0 Å². The highest BCUT2D eigenvalue weighted by Crippen LogP contribution is 1.81. The van der Waals surface area contributed by atoms with Crippen molar-refractivity contribution in [1.82, 2.24) is 4.90 Å². The first-order valence-corrected chi connectivity index (χ1v) is 3.47. The molecule has 0 atom stereocenters. The third kappa shape index (κ3) is 6.01. The third-order valence-corrected chi connectivity index (χ3v) is 1.35. The Morgan fingerprint density at radius 1 is 1.00 bits per heavy atom. The lowest BCUT2D eigenvalue weighted by Gasteiger charge is -2.14. The maximum absolute atomic E-state index is 4.91. The lowest BCUT2D eigenvalue weighted by atomic mass is 10.5. The van der Waals surface area contributed by atoms with Crippen LogP contribution in [-0.4, -0.2) is 52.5 Å². The molecule has 0 radical (unpaired) electrons. The molecule has 0 aliphatic heterocycles. The van der Waals surface area contributed by atoms with Crippen LogP contribution in [0.4, 0.5) is 0 Å². The second-order valence-electron chi connectivity index (χ2n) is 2.29. The summed E-state index contributed by atoms with van der Waals surface area (Å²) in [5.41, 5.74) is 0. The molecule has 3 heteroatoms. The summed E-state index contributed by atoms with van der Waals surface area (Å²) in [5.74, 6) is 0. The molecule has 62 valence electrons. The van der Waals surface area contributed by atoms with Gasteiger partial charge in [0, 0.05) is 27.3 Å². The summed E-state index contributed by atoms with van der Waals surface area (Å²) in [6, 6.07) is 0. The zero-order valence-electron chi connectivity index (χ0n) is 7.09. The van der Waals surface area contributed by atoms with Crippen molar-refractivity contribution in [2.24, 2.45) is 0 Å². The first kappa shape index (κ1) is 9.88. The van der Waals surface area contributed by atoms with E-state index >= 15 is 0 Å². The van der Waals surface area contributed by atoms with E-state index in [0.29, 0.717) is 0 Å². The van der Waals surface area contributed by atoms with Crippen molar-refractivity contribution in [1.29, 1.82) is 0 Å². The highest BCUT2D eigenvalue weighted by atomic mass is 16.5. The molecule has 0 spiro atoms. The average Bonchev–Trinajstić information content (AvgIpc) is 1.97. The molecule has 0 saturated heterocycles. The molecule has 0 fully saturated rings. The second kappa shape index (κ2) is 6.99. The lowest BCUT2D eigenvalue weighted by Crippen LogP contribution is -2.26. The molecule has 0 aromatic heterocycles. The predicted molar refractivity (Wildman–Crippen MR) is 41.2 cm³/mol. The highest BCUT2D eigenvalue weighted by Gasteiger charge is 1.94. The van der Waals surface area contributed by atoms with E-state index in [1.807, 2.05) is 0 Å². The summed E-state index contributed by atoms with van der Waals surface area (Å²) in [5, 5.41) is 0. The molecule has 0 bridgehead atoms. The van der Waals surface area contributed by atoms with E-state index in [2.05, 4.69) is 11.9 Å². The van der Waals surface area contributed by atoms with Crippen molar-refractivity contribution in [2.45, 2.75) is 0 Å². The standard InChI is InChI=1S/C7H17NO2/c1-8(4-6-9-2)5-7-10-3/h4-7H2,1-3H3. The van der Waals surface area contributed by atoms with Crippen LogP contribution >= 0.6 is 0 Å². The number of rotatable bonds is 6. The molecule has 0 saturated carbocycles. The molecule has 0 aromatic carbocycles. The first-order valence-electron chi connectivity index (χ1n) is 3.47. The fourth-order valence-electron chi connectivity index (χ4n) is 0.606. The fourth-order valence-corrected chi connectivity index (χ4v) is 0.606. The molecule has 0 rings (SSSR count). The van der Waals surface area contributed by atoms with Crippen LogP contribution in [-0.2, 0) is 9.47 Å². The normalized spacial score (nSPS) is 10.8. The van der Waals surface area contributed by atoms with Gasteiger partial charge in [0.25, 0.3) is 0 Å². The quantitative estimate of drug-likeness (QED) is 0.536. The number of methoxy groups -OCH3 is 2. The number of ether oxygens (including phenoxy) is 2. The topological polar surface area (TPSA) is 21.7 Å². The van der Waals surface area contributed by atoms with Crippen molar-refractivity contribution in [3.05, 3.63) is 0 Å². The molecular weight excluding hydrogens is 130 g/mol. The highest BCUT2D eigenvalue weighted by molar-refractivity contribution is 4.47. The third-order valence-electron chi connectivity index (χ3n) is 1.35. The van der Waals surface area contributed by atoms with Gasteiger partial charge in [-0.25, -0.2) is 0 Å². The summed E-state index contributed by atoms with van der Waals surface area (Å²) in [7, 11) is 5.48. The van der Waals surface area contributed by atoms with Crippen LogP contribution in [0.5, 0.6) is 0 Å². The molecule has 0 aliphatic rings. The van der Waals surface area contributed by atoms with E-state index in [1.165, 1.54) is 0 Å². The fraction of sp³-hybridized carbons (Fsp3) is 1.00. The van der Waals surface area contributed by atoms with Gasteiger partial charge in [-0.2, -0.15) is 0 Å². The predicted octanol–water partition coefficient (Wildman–Crippen LogP) is 0.211. The minimum absolute atomic E-state index is 0.792. The maximum atomic E-state index is 4.91. The first-order chi connectivity index (χ1) is 4.81. The summed E-state index contributed by atoms with van der Waals surface area (Å²) < 4.78 is 9.82. The molecule has 0 aliphatic carbocycles. The van der Waals surface area contributed by atoms with Gasteiger partial charge in [0.15, 0.2) is 0 Å². The molecule has 0 unspecified atom stereocenters.